The molecule has 94 valence electrons. The number of hydrogen-bond acceptors (Lipinski definition) is 3. The fourth-order valence-electron chi connectivity index (χ4n) is 2.10. The van der Waals surface area contributed by atoms with E-state index in [1.807, 2.05) is 0 Å². The first-order valence-corrected chi connectivity index (χ1v) is 6.56. The van der Waals surface area contributed by atoms with Crippen LogP contribution in [0.3, 0.4) is 0 Å². The van der Waals surface area contributed by atoms with Gasteiger partial charge in [-0.15, -0.1) is 0 Å². The van der Waals surface area contributed by atoms with E-state index in [0.717, 1.165) is 38.3 Å². The highest BCUT2D eigenvalue weighted by atomic mass is 35.5. The summed E-state index contributed by atoms with van der Waals surface area (Å²) in [6, 6.07) is 1.74. The number of piperidine rings is 1. The molecule has 0 unspecified atom stereocenters. The monoisotopic (exact) mass is 273 g/mol. The standard InChI is InChI=1S/C12H17Cl2N3/c1-12(8-15)2-4-17(5-3-12)11-10(14)6-9(13)7-16-11/h6-7H,2-5,8,15H2,1H3. The van der Waals surface area contributed by atoms with Crippen molar-refractivity contribution in [1.82, 2.24) is 4.98 Å². The third kappa shape index (κ3) is 2.84. The number of rotatable bonds is 2. The van der Waals surface area contributed by atoms with Crippen LogP contribution in [0.1, 0.15) is 19.8 Å². The predicted octanol–water partition coefficient (Wildman–Crippen LogP) is 2.95. The number of halogens is 2. The van der Waals surface area contributed by atoms with Gasteiger partial charge in [-0.2, -0.15) is 0 Å². The van der Waals surface area contributed by atoms with E-state index in [0.29, 0.717) is 10.0 Å². The van der Waals surface area contributed by atoms with Crippen LogP contribution in [0.15, 0.2) is 12.3 Å². The maximum Gasteiger partial charge on any atom is 0.147 e. The minimum Gasteiger partial charge on any atom is -0.355 e. The Balaban J connectivity index is 2.10. The highest BCUT2D eigenvalue weighted by Crippen LogP contribution is 2.34. The van der Waals surface area contributed by atoms with Crippen LogP contribution in [-0.2, 0) is 0 Å². The fourth-order valence-corrected chi connectivity index (χ4v) is 2.60. The molecule has 5 heteroatoms. The Hall–Kier alpha value is -0.510. The average Bonchev–Trinajstić information content (AvgIpc) is 2.31. The molecule has 0 saturated carbocycles. The van der Waals surface area contributed by atoms with Crippen molar-refractivity contribution in [2.75, 3.05) is 24.5 Å². The lowest BCUT2D eigenvalue weighted by Gasteiger charge is -2.39. The zero-order chi connectivity index (χ0) is 12.5. The highest BCUT2D eigenvalue weighted by molar-refractivity contribution is 6.36. The third-order valence-corrected chi connectivity index (χ3v) is 4.04. The predicted molar refractivity (Wildman–Crippen MR) is 72.9 cm³/mol. The van der Waals surface area contributed by atoms with E-state index in [2.05, 4.69) is 16.8 Å². The molecule has 0 aromatic carbocycles. The van der Waals surface area contributed by atoms with Gasteiger partial charge in [-0.1, -0.05) is 30.1 Å². The van der Waals surface area contributed by atoms with Gasteiger partial charge in [-0.05, 0) is 30.9 Å². The molecular weight excluding hydrogens is 257 g/mol. The molecule has 1 saturated heterocycles. The Labute approximate surface area is 112 Å². The third-order valence-electron chi connectivity index (χ3n) is 3.55. The summed E-state index contributed by atoms with van der Waals surface area (Å²) in [7, 11) is 0. The molecule has 0 bridgehead atoms. The minimum absolute atomic E-state index is 0.259. The number of nitrogens with two attached hydrogens (primary N) is 1. The molecular formula is C12H17Cl2N3. The molecule has 2 N–H and O–H groups in total. The number of hydrogen-bond donors (Lipinski definition) is 1. The molecule has 0 amide bonds. The van der Waals surface area contributed by atoms with Crippen LogP contribution in [0.25, 0.3) is 0 Å². The van der Waals surface area contributed by atoms with Gasteiger partial charge in [-0.25, -0.2) is 4.98 Å². The van der Waals surface area contributed by atoms with E-state index in [4.69, 9.17) is 28.9 Å². The summed E-state index contributed by atoms with van der Waals surface area (Å²) in [4.78, 5) is 6.51. The van der Waals surface area contributed by atoms with Crippen molar-refractivity contribution < 1.29 is 0 Å². The molecule has 1 aliphatic rings. The fraction of sp³-hybridized carbons (Fsp3) is 0.583. The second-order valence-corrected chi connectivity index (χ2v) is 5.80. The average molecular weight is 274 g/mol. The molecule has 0 aliphatic carbocycles. The van der Waals surface area contributed by atoms with Crippen molar-refractivity contribution in [3.05, 3.63) is 22.3 Å². The van der Waals surface area contributed by atoms with E-state index in [9.17, 15) is 0 Å². The van der Waals surface area contributed by atoms with Gasteiger partial charge in [-0.3, -0.25) is 0 Å². The smallest absolute Gasteiger partial charge is 0.147 e. The van der Waals surface area contributed by atoms with Crippen LogP contribution in [-0.4, -0.2) is 24.6 Å². The lowest BCUT2D eigenvalue weighted by atomic mass is 9.80. The summed E-state index contributed by atoms with van der Waals surface area (Å²) in [6.45, 7) is 4.87. The van der Waals surface area contributed by atoms with Gasteiger partial charge in [0.2, 0.25) is 0 Å². The van der Waals surface area contributed by atoms with Crippen molar-refractivity contribution in [2.24, 2.45) is 11.1 Å². The molecule has 0 radical (unpaired) electrons. The Morgan fingerprint density at radius 1 is 1.41 bits per heavy atom. The Bertz CT molecular complexity index is 401. The second kappa shape index (κ2) is 5.01. The molecule has 1 aliphatic heterocycles. The van der Waals surface area contributed by atoms with Crippen LogP contribution in [0.5, 0.6) is 0 Å². The molecule has 2 rings (SSSR count). The zero-order valence-corrected chi connectivity index (χ0v) is 11.4. The molecule has 1 aromatic heterocycles. The van der Waals surface area contributed by atoms with Crippen molar-refractivity contribution in [2.45, 2.75) is 19.8 Å². The minimum atomic E-state index is 0.259. The topological polar surface area (TPSA) is 42.1 Å². The molecule has 1 aromatic rings. The first kappa shape index (κ1) is 12.9. The molecule has 1 fully saturated rings. The maximum atomic E-state index is 6.15. The summed E-state index contributed by atoms with van der Waals surface area (Å²) in [5.74, 6) is 0.829. The normalized spacial score (nSPS) is 19.4. The van der Waals surface area contributed by atoms with Gasteiger partial charge in [0.25, 0.3) is 0 Å². The zero-order valence-electron chi connectivity index (χ0n) is 9.92. The molecule has 2 heterocycles. The largest absolute Gasteiger partial charge is 0.355 e. The van der Waals surface area contributed by atoms with E-state index < -0.39 is 0 Å². The van der Waals surface area contributed by atoms with Gasteiger partial charge < -0.3 is 10.6 Å². The number of pyridine rings is 1. The van der Waals surface area contributed by atoms with E-state index in [-0.39, 0.29) is 5.41 Å². The highest BCUT2D eigenvalue weighted by Gasteiger charge is 2.29. The van der Waals surface area contributed by atoms with Crippen molar-refractivity contribution in [3.8, 4) is 0 Å². The lowest BCUT2D eigenvalue weighted by Crippen LogP contribution is -2.42. The summed E-state index contributed by atoms with van der Waals surface area (Å²) in [5.41, 5.74) is 6.05. The van der Waals surface area contributed by atoms with Gasteiger partial charge >= 0.3 is 0 Å². The van der Waals surface area contributed by atoms with E-state index >= 15 is 0 Å². The van der Waals surface area contributed by atoms with Crippen LogP contribution in [0, 0.1) is 5.41 Å². The van der Waals surface area contributed by atoms with Gasteiger partial charge in [0, 0.05) is 19.3 Å². The summed E-state index contributed by atoms with van der Waals surface area (Å²) >= 11 is 12.0. The maximum absolute atomic E-state index is 6.15. The summed E-state index contributed by atoms with van der Waals surface area (Å²) in [6.07, 6.45) is 3.79. The Kier molecular flexibility index (Phi) is 3.81. The van der Waals surface area contributed by atoms with Gasteiger partial charge in [0.15, 0.2) is 0 Å². The first-order chi connectivity index (χ1) is 8.04. The number of anilines is 1. The molecule has 3 nitrogen and oxygen atoms in total. The molecule has 17 heavy (non-hydrogen) atoms. The number of nitrogens with zero attached hydrogens (tertiary/aromatic N) is 2. The van der Waals surface area contributed by atoms with Crippen LogP contribution in [0.4, 0.5) is 5.82 Å². The van der Waals surface area contributed by atoms with E-state index in [1.165, 1.54) is 0 Å². The summed E-state index contributed by atoms with van der Waals surface area (Å²) in [5, 5.41) is 1.19. The Morgan fingerprint density at radius 2 is 2.06 bits per heavy atom. The van der Waals surface area contributed by atoms with Crippen molar-refractivity contribution in [3.63, 3.8) is 0 Å². The van der Waals surface area contributed by atoms with E-state index in [1.54, 1.807) is 12.3 Å². The first-order valence-electron chi connectivity index (χ1n) is 5.80. The molecule has 0 spiro atoms. The van der Waals surface area contributed by atoms with Gasteiger partial charge in [0.05, 0.1) is 10.0 Å². The summed E-state index contributed by atoms with van der Waals surface area (Å²) < 4.78 is 0. The van der Waals surface area contributed by atoms with Crippen LogP contribution >= 0.6 is 23.2 Å². The van der Waals surface area contributed by atoms with Crippen LogP contribution < -0.4 is 10.6 Å². The molecule has 0 atom stereocenters. The quantitative estimate of drug-likeness (QED) is 0.901. The van der Waals surface area contributed by atoms with Crippen LogP contribution in [0.2, 0.25) is 10.0 Å². The van der Waals surface area contributed by atoms with Crippen molar-refractivity contribution in [1.29, 1.82) is 0 Å². The van der Waals surface area contributed by atoms with Gasteiger partial charge in [0.1, 0.15) is 5.82 Å². The van der Waals surface area contributed by atoms with Crippen molar-refractivity contribution >= 4 is 29.0 Å². The SMILES string of the molecule is CC1(CN)CCN(c2ncc(Cl)cc2Cl)CC1. The number of aromatic nitrogens is 1. The lowest BCUT2D eigenvalue weighted by molar-refractivity contribution is 0.258. The second-order valence-electron chi connectivity index (χ2n) is 4.96. The Morgan fingerprint density at radius 3 is 2.59 bits per heavy atom.